The molecule has 20 heavy (non-hydrogen) atoms. The largest absolute Gasteiger partial charge is 0.312 e. The van der Waals surface area contributed by atoms with Crippen LogP contribution in [0.1, 0.15) is 28.7 Å². The summed E-state index contributed by atoms with van der Waals surface area (Å²) in [6, 6.07) is 4.48. The molecule has 0 amide bonds. The fourth-order valence-corrected chi connectivity index (χ4v) is 3.25. The van der Waals surface area contributed by atoms with Crippen LogP contribution in [0.2, 0.25) is 0 Å². The summed E-state index contributed by atoms with van der Waals surface area (Å²) in [4.78, 5) is 5.17. The molecule has 0 bridgehead atoms. The van der Waals surface area contributed by atoms with Crippen molar-refractivity contribution in [2.75, 3.05) is 13.6 Å². The van der Waals surface area contributed by atoms with Gasteiger partial charge in [0.25, 0.3) is 0 Å². The Balaban J connectivity index is 1.80. The summed E-state index contributed by atoms with van der Waals surface area (Å²) in [5.41, 5.74) is 1.26. The third kappa shape index (κ3) is 4.74. The number of rotatable bonds is 8. The highest BCUT2D eigenvalue weighted by atomic mass is 32.1. The van der Waals surface area contributed by atoms with Gasteiger partial charge in [0.05, 0.1) is 6.20 Å². The van der Waals surface area contributed by atoms with E-state index in [1.807, 2.05) is 29.3 Å². The van der Waals surface area contributed by atoms with E-state index < -0.39 is 0 Å². The van der Waals surface area contributed by atoms with E-state index >= 15 is 0 Å². The number of hydrogen-bond donors (Lipinski definition) is 1. The van der Waals surface area contributed by atoms with Gasteiger partial charge in [-0.05, 0) is 32.1 Å². The topological polar surface area (TPSA) is 33.1 Å². The van der Waals surface area contributed by atoms with Crippen LogP contribution in [0.5, 0.6) is 0 Å². The Labute approximate surface area is 125 Å². The first-order valence-electron chi connectivity index (χ1n) is 7.11. The van der Waals surface area contributed by atoms with E-state index in [2.05, 4.69) is 47.6 Å². The Morgan fingerprint density at radius 3 is 2.80 bits per heavy atom. The predicted octanol–water partition coefficient (Wildman–Crippen LogP) is 2.61. The molecule has 1 N–H and O–H groups in total. The van der Waals surface area contributed by atoms with Crippen molar-refractivity contribution in [3.63, 3.8) is 0 Å². The fourth-order valence-electron chi connectivity index (χ4n) is 2.18. The molecule has 4 nitrogen and oxygen atoms in total. The first-order valence-corrected chi connectivity index (χ1v) is 7.93. The van der Waals surface area contributed by atoms with Crippen LogP contribution >= 0.6 is 11.3 Å². The molecule has 2 rings (SSSR count). The van der Waals surface area contributed by atoms with Gasteiger partial charge in [-0.2, -0.15) is 5.10 Å². The van der Waals surface area contributed by atoms with Crippen LogP contribution in [0.15, 0.2) is 24.5 Å². The van der Waals surface area contributed by atoms with E-state index in [0.717, 1.165) is 26.2 Å². The maximum Gasteiger partial charge on any atom is 0.0534 e. The SMILES string of the molecule is CCCNCc1ccc(CN(C)Cc2cnn(C)c2)s1. The van der Waals surface area contributed by atoms with Crippen LogP contribution in [0.4, 0.5) is 0 Å². The zero-order valence-corrected chi connectivity index (χ0v) is 13.4. The van der Waals surface area contributed by atoms with Gasteiger partial charge in [0.1, 0.15) is 0 Å². The minimum absolute atomic E-state index is 0.940. The minimum Gasteiger partial charge on any atom is -0.312 e. The first-order chi connectivity index (χ1) is 9.67. The maximum atomic E-state index is 4.21. The Morgan fingerprint density at radius 2 is 2.10 bits per heavy atom. The average molecular weight is 292 g/mol. The van der Waals surface area contributed by atoms with Crippen molar-refractivity contribution < 1.29 is 0 Å². The van der Waals surface area contributed by atoms with E-state index in [9.17, 15) is 0 Å². The molecule has 0 spiro atoms. The Morgan fingerprint density at radius 1 is 1.30 bits per heavy atom. The van der Waals surface area contributed by atoms with Crippen LogP contribution in [-0.4, -0.2) is 28.3 Å². The zero-order chi connectivity index (χ0) is 14.4. The van der Waals surface area contributed by atoms with E-state index in [-0.39, 0.29) is 0 Å². The standard InChI is InChI=1S/C15H24N4S/c1-4-7-16-9-14-5-6-15(20-14)12-18(2)10-13-8-17-19(3)11-13/h5-6,8,11,16H,4,7,9-10,12H2,1-3H3. The highest BCUT2D eigenvalue weighted by Gasteiger charge is 2.06. The van der Waals surface area contributed by atoms with Crippen molar-refractivity contribution in [2.45, 2.75) is 33.0 Å². The molecule has 0 saturated carbocycles. The van der Waals surface area contributed by atoms with Crippen molar-refractivity contribution in [1.29, 1.82) is 0 Å². The van der Waals surface area contributed by atoms with Gasteiger partial charge < -0.3 is 5.32 Å². The second-order valence-corrected chi connectivity index (χ2v) is 6.49. The monoisotopic (exact) mass is 292 g/mol. The van der Waals surface area contributed by atoms with Crippen LogP contribution in [-0.2, 0) is 26.7 Å². The van der Waals surface area contributed by atoms with Crippen molar-refractivity contribution in [3.05, 3.63) is 39.8 Å². The third-order valence-corrected chi connectivity index (χ3v) is 4.15. The third-order valence-electron chi connectivity index (χ3n) is 3.08. The second-order valence-electron chi connectivity index (χ2n) is 5.24. The minimum atomic E-state index is 0.940. The van der Waals surface area contributed by atoms with E-state index in [1.54, 1.807) is 0 Å². The summed E-state index contributed by atoms with van der Waals surface area (Å²) in [5.74, 6) is 0. The molecule has 0 atom stereocenters. The molecule has 0 aromatic carbocycles. The van der Waals surface area contributed by atoms with Gasteiger partial charge in [0, 0.05) is 48.2 Å². The number of hydrogen-bond acceptors (Lipinski definition) is 4. The average Bonchev–Trinajstić information content (AvgIpc) is 2.99. The number of nitrogens with one attached hydrogen (secondary N) is 1. The quantitative estimate of drug-likeness (QED) is 0.759. The second kappa shape index (κ2) is 7.57. The van der Waals surface area contributed by atoms with Gasteiger partial charge in [-0.3, -0.25) is 9.58 Å². The highest BCUT2D eigenvalue weighted by Crippen LogP contribution is 2.18. The van der Waals surface area contributed by atoms with Gasteiger partial charge >= 0.3 is 0 Å². The number of nitrogens with zero attached hydrogens (tertiary/aromatic N) is 3. The Hall–Kier alpha value is -1.17. The molecular formula is C15H24N4S. The number of thiophene rings is 1. The van der Waals surface area contributed by atoms with Crippen LogP contribution in [0.3, 0.4) is 0 Å². The summed E-state index contributed by atoms with van der Waals surface area (Å²) in [7, 11) is 4.11. The molecule has 0 aliphatic carbocycles. The molecule has 2 aromatic heterocycles. The lowest BCUT2D eigenvalue weighted by atomic mass is 10.3. The molecule has 0 radical (unpaired) electrons. The normalized spacial score (nSPS) is 11.4. The molecule has 2 aromatic rings. The van der Waals surface area contributed by atoms with Gasteiger partial charge in [-0.15, -0.1) is 11.3 Å². The van der Waals surface area contributed by atoms with Gasteiger partial charge in [-0.1, -0.05) is 6.92 Å². The van der Waals surface area contributed by atoms with E-state index in [0.29, 0.717) is 0 Å². The summed E-state index contributed by atoms with van der Waals surface area (Å²) in [5, 5.41) is 7.65. The van der Waals surface area contributed by atoms with Crippen LogP contribution in [0.25, 0.3) is 0 Å². The maximum absolute atomic E-state index is 4.21. The zero-order valence-electron chi connectivity index (χ0n) is 12.6. The predicted molar refractivity (Wildman–Crippen MR) is 84.7 cm³/mol. The highest BCUT2D eigenvalue weighted by molar-refractivity contribution is 7.11. The van der Waals surface area contributed by atoms with Crippen LogP contribution < -0.4 is 5.32 Å². The van der Waals surface area contributed by atoms with Crippen molar-refractivity contribution in [3.8, 4) is 0 Å². The van der Waals surface area contributed by atoms with Gasteiger partial charge in [0.2, 0.25) is 0 Å². The first kappa shape index (κ1) is 15.2. The summed E-state index contributed by atoms with van der Waals surface area (Å²) >= 11 is 1.90. The fraction of sp³-hybridized carbons (Fsp3) is 0.533. The molecule has 0 aliphatic heterocycles. The molecular weight excluding hydrogens is 268 g/mol. The number of aromatic nitrogens is 2. The van der Waals surface area contributed by atoms with E-state index in [1.165, 1.54) is 21.7 Å². The Bertz CT molecular complexity index is 517. The van der Waals surface area contributed by atoms with Crippen LogP contribution in [0, 0.1) is 0 Å². The van der Waals surface area contributed by atoms with Crippen molar-refractivity contribution in [1.82, 2.24) is 20.0 Å². The van der Waals surface area contributed by atoms with Gasteiger partial charge in [0.15, 0.2) is 0 Å². The lowest BCUT2D eigenvalue weighted by Crippen LogP contribution is -2.16. The molecule has 2 heterocycles. The Kier molecular flexibility index (Phi) is 5.76. The summed E-state index contributed by atoms with van der Waals surface area (Å²) in [6.07, 6.45) is 5.20. The van der Waals surface area contributed by atoms with Gasteiger partial charge in [-0.25, -0.2) is 0 Å². The van der Waals surface area contributed by atoms with Crippen molar-refractivity contribution >= 4 is 11.3 Å². The molecule has 0 unspecified atom stereocenters. The molecule has 0 fully saturated rings. The molecule has 0 saturated heterocycles. The van der Waals surface area contributed by atoms with Crippen molar-refractivity contribution in [2.24, 2.45) is 7.05 Å². The molecule has 5 heteroatoms. The summed E-state index contributed by atoms with van der Waals surface area (Å²) < 4.78 is 1.85. The summed E-state index contributed by atoms with van der Waals surface area (Å²) in [6.45, 7) is 6.21. The van der Waals surface area contributed by atoms with E-state index in [4.69, 9.17) is 0 Å². The lowest BCUT2D eigenvalue weighted by molar-refractivity contribution is 0.322. The molecule has 0 aliphatic rings. The lowest BCUT2D eigenvalue weighted by Gasteiger charge is -2.14. The number of aryl methyl sites for hydroxylation is 1. The molecule has 110 valence electrons. The smallest absolute Gasteiger partial charge is 0.0534 e.